The lowest BCUT2D eigenvalue weighted by Crippen LogP contribution is -2.49. The van der Waals surface area contributed by atoms with Crippen LogP contribution >= 0.6 is 11.6 Å². The predicted molar refractivity (Wildman–Crippen MR) is 57.8 cm³/mol. The molecule has 0 bridgehead atoms. The number of rotatable bonds is 4. The Hall–Kier alpha value is -0.370. The molecule has 1 rings (SSSR count). The quantitative estimate of drug-likeness (QED) is 0.506. The van der Waals surface area contributed by atoms with Crippen LogP contribution < -0.4 is 0 Å². The van der Waals surface area contributed by atoms with Gasteiger partial charge in [-0.2, -0.15) is 4.31 Å². The number of esters is 1. The summed E-state index contributed by atoms with van der Waals surface area (Å²) in [6.45, 7) is 0.417. The highest BCUT2D eigenvalue weighted by Crippen LogP contribution is 2.11. The maximum absolute atomic E-state index is 11.7. The molecule has 1 unspecified atom stereocenters. The molecule has 6 nitrogen and oxygen atoms in total. The number of nitrogens with zero attached hydrogens (tertiary/aromatic N) is 1. The molecule has 16 heavy (non-hydrogen) atoms. The van der Waals surface area contributed by atoms with E-state index in [9.17, 15) is 13.2 Å². The lowest BCUT2D eigenvalue weighted by atomic mass is 10.3. The Morgan fingerprint density at radius 3 is 2.88 bits per heavy atom. The standard InChI is InChI=1S/C8H14ClNO5S/c1-14-8(11)7-6-10(3-4-15-7)16(12,13)5-2-9/h7H,2-6H2,1H3. The average molecular weight is 272 g/mol. The summed E-state index contributed by atoms with van der Waals surface area (Å²) in [5, 5.41) is 0. The van der Waals surface area contributed by atoms with Crippen molar-refractivity contribution >= 4 is 27.6 Å². The van der Waals surface area contributed by atoms with Crippen LogP contribution in [-0.2, 0) is 24.3 Å². The van der Waals surface area contributed by atoms with Crippen molar-refractivity contribution in [1.82, 2.24) is 4.31 Å². The van der Waals surface area contributed by atoms with Gasteiger partial charge in [-0.1, -0.05) is 0 Å². The van der Waals surface area contributed by atoms with Crippen molar-refractivity contribution in [2.24, 2.45) is 0 Å². The first-order valence-electron chi connectivity index (χ1n) is 4.74. The molecule has 94 valence electrons. The first kappa shape index (κ1) is 13.7. The number of hydrogen-bond donors (Lipinski definition) is 0. The highest BCUT2D eigenvalue weighted by Gasteiger charge is 2.33. The van der Waals surface area contributed by atoms with Gasteiger partial charge >= 0.3 is 5.97 Å². The van der Waals surface area contributed by atoms with E-state index in [0.29, 0.717) is 0 Å². The number of carbonyl (C=O) groups is 1. The number of ether oxygens (including phenoxy) is 2. The van der Waals surface area contributed by atoms with E-state index in [2.05, 4.69) is 4.74 Å². The molecule has 0 aliphatic carbocycles. The van der Waals surface area contributed by atoms with Crippen LogP contribution in [0.1, 0.15) is 0 Å². The topological polar surface area (TPSA) is 72.9 Å². The molecule has 1 atom stereocenters. The molecule has 0 N–H and O–H groups in total. The van der Waals surface area contributed by atoms with Gasteiger partial charge in [0.25, 0.3) is 0 Å². The summed E-state index contributed by atoms with van der Waals surface area (Å²) in [5.74, 6) is -0.670. The van der Waals surface area contributed by atoms with Crippen LogP contribution in [0.3, 0.4) is 0 Å². The zero-order chi connectivity index (χ0) is 12.2. The van der Waals surface area contributed by atoms with Crippen molar-refractivity contribution in [1.29, 1.82) is 0 Å². The second-order valence-electron chi connectivity index (χ2n) is 3.25. The van der Waals surface area contributed by atoms with Crippen molar-refractivity contribution in [3.8, 4) is 0 Å². The van der Waals surface area contributed by atoms with Crippen LogP contribution in [0.25, 0.3) is 0 Å². The minimum absolute atomic E-state index is 0.00804. The van der Waals surface area contributed by atoms with Crippen LogP contribution in [0.15, 0.2) is 0 Å². The first-order valence-corrected chi connectivity index (χ1v) is 6.89. The maximum Gasteiger partial charge on any atom is 0.336 e. The van der Waals surface area contributed by atoms with Crippen molar-refractivity contribution in [3.05, 3.63) is 0 Å². The van der Waals surface area contributed by atoms with Gasteiger partial charge in [-0.25, -0.2) is 13.2 Å². The second kappa shape index (κ2) is 5.81. The summed E-state index contributed by atoms with van der Waals surface area (Å²) in [6.07, 6.45) is -0.844. The number of halogens is 1. The molecular formula is C8H14ClNO5S. The maximum atomic E-state index is 11.7. The lowest BCUT2D eigenvalue weighted by molar-refractivity contribution is -0.157. The van der Waals surface area contributed by atoms with Gasteiger partial charge in [-0.15, -0.1) is 11.6 Å². The molecule has 0 amide bonds. The Balaban J connectivity index is 2.67. The molecule has 1 saturated heterocycles. The van der Waals surface area contributed by atoms with Crippen LogP contribution in [-0.4, -0.2) is 63.2 Å². The largest absolute Gasteiger partial charge is 0.467 e. The molecule has 8 heteroatoms. The third kappa shape index (κ3) is 3.31. The minimum atomic E-state index is -3.39. The van der Waals surface area contributed by atoms with Gasteiger partial charge < -0.3 is 9.47 Å². The molecule has 1 heterocycles. The molecule has 0 saturated carbocycles. The average Bonchev–Trinajstić information content (AvgIpc) is 2.28. The fourth-order valence-corrected chi connectivity index (χ4v) is 3.13. The van der Waals surface area contributed by atoms with Crippen LogP contribution in [0.4, 0.5) is 0 Å². The fourth-order valence-electron chi connectivity index (χ4n) is 1.38. The highest BCUT2D eigenvalue weighted by atomic mass is 35.5. The van der Waals surface area contributed by atoms with Crippen LogP contribution in [0.5, 0.6) is 0 Å². The van der Waals surface area contributed by atoms with Crippen molar-refractivity contribution in [3.63, 3.8) is 0 Å². The molecule has 0 spiro atoms. The summed E-state index contributed by atoms with van der Waals surface area (Å²) in [5.41, 5.74) is 0. The smallest absolute Gasteiger partial charge is 0.336 e. The normalized spacial score (nSPS) is 23.0. The zero-order valence-corrected chi connectivity index (χ0v) is 10.5. The van der Waals surface area contributed by atoms with Gasteiger partial charge in [0.2, 0.25) is 10.0 Å². The van der Waals surface area contributed by atoms with Crippen molar-refractivity contribution in [2.45, 2.75) is 6.10 Å². The third-order valence-corrected chi connectivity index (χ3v) is 4.47. The number of carbonyl (C=O) groups excluding carboxylic acids is 1. The van der Waals surface area contributed by atoms with Gasteiger partial charge in [0.05, 0.1) is 26.0 Å². The summed E-state index contributed by atoms with van der Waals surface area (Å²) < 4.78 is 34.2. The monoisotopic (exact) mass is 271 g/mol. The van der Waals surface area contributed by atoms with E-state index < -0.39 is 22.1 Å². The van der Waals surface area contributed by atoms with Crippen molar-refractivity contribution in [2.75, 3.05) is 38.4 Å². The summed E-state index contributed by atoms with van der Waals surface area (Å²) >= 11 is 5.40. The number of sulfonamides is 1. The van der Waals surface area contributed by atoms with E-state index in [4.69, 9.17) is 16.3 Å². The predicted octanol–water partition coefficient (Wildman–Crippen LogP) is -0.571. The summed E-state index contributed by atoms with van der Waals surface area (Å²) in [4.78, 5) is 11.2. The minimum Gasteiger partial charge on any atom is -0.467 e. The van der Waals surface area contributed by atoms with Gasteiger partial charge in [-0.05, 0) is 0 Å². The second-order valence-corrected chi connectivity index (χ2v) is 5.71. The Bertz CT molecular complexity index is 344. The molecule has 1 aliphatic rings. The third-order valence-electron chi connectivity index (χ3n) is 2.22. The van der Waals surface area contributed by atoms with Gasteiger partial charge in [-0.3, -0.25) is 0 Å². The van der Waals surface area contributed by atoms with E-state index >= 15 is 0 Å². The van der Waals surface area contributed by atoms with Gasteiger partial charge in [0, 0.05) is 12.4 Å². The van der Waals surface area contributed by atoms with Gasteiger partial charge in [0.1, 0.15) is 0 Å². The van der Waals surface area contributed by atoms with E-state index in [1.807, 2.05) is 0 Å². The van der Waals surface area contributed by atoms with Crippen LogP contribution in [0.2, 0.25) is 0 Å². The first-order chi connectivity index (χ1) is 7.51. The Morgan fingerprint density at radius 1 is 1.62 bits per heavy atom. The molecule has 1 aliphatic heterocycles. The molecule has 0 aromatic rings. The van der Waals surface area contributed by atoms with E-state index in [-0.39, 0.29) is 31.3 Å². The van der Waals surface area contributed by atoms with E-state index in [1.54, 1.807) is 0 Å². The Kier molecular flexibility index (Phi) is 4.97. The molecule has 0 aromatic heterocycles. The lowest BCUT2D eigenvalue weighted by Gasteiger charge is -2.30. The SMILES string of the molecule is COC(=O)C1CN(S(=O)(=O)CCCl)CCO1. The molecule has 0 aromatic carbocycles. The Labute approximate surface area is 99.5 Å². The molecule has 1 fully saturated rings. The summed E-state index contributed by atoms with van der Waals surface area (Å²) in [7, 11) is -2.16. The number of morpholine rings is 1. The summed E-state index contributed by atoms with van der Waals surface area (Å²) in [6, 6.07) is 0. The van der Waals surface area contributed by atoms with E-state index in [0.717, 1.165) is 0 Å². The fraction of sp³-hybridized carbons (Fsp3) is 0.875. The van der Waals surface area contributed by atoms with Crippen molar-refractivity contribution < 1.29 is 22.7 Å². The number of alkyl halides is 1. The van der Waals surface area contributed by atoms with Gasteiger partial charge in [0.15, 0.2) is 6.10 Å². The van der Waals surface area contributed by atoms with Crippen LogP contribution in [0, 0.1) is 0 Å². The molecular weight excluding hydrogens is 258 g/mol. The molecule has 0 radical (unpaired) electrons. The highest BCUT2D eigenvalue weighted by molar-refractivity contribution is 7.89. The zero-order valence-electron chi connectivity index (χ0n) is 8.89. The Morgan fingerprint density at radius 2 is 2.31 bits per heavy atom. The number of hydrogen-bond acceptors (Lipinski definition) is 5. The van der Waals surface area contributed by atoms with E-state index in [1.165, 1.54) is 11.4 Å². The number of methoxy groups -OCH3 is 1.